The molecule has 0 radical (unpaired) electrons. The minimum absolute atomic E-state index is 0.209. The van der Waals surface area contributed by atoms with Gasteiger partial charge < -0.3 is 14.9 Å². The van der Waals surface area contributed by atoms with E-state index >= 15 is 0 Å². The number of anilines is 1. The minimum atomic E-state index is -0.240. The van der Waals surface area contributed by atoms with Crippen LogP contribution in [0.4, 0.5) is 5.69 Å². The second-order valence-corrected chi connectivity index (χ2v) is 6.87. The van der Waals surface area contributed by atoms with Gasteiger partial charge in [-0.3, -0.25) is 9.69 Å². The molecule has 2 aromatic rings. The van der Waals surface area contributed by atoms with Crippen molar-refractivity contribution in [2.45, 2.75) is 6.92 Å². The Morgan fingerprint density at radius 2 is 1.88 bits per heavy atom. The van der Waals surface area contributed by atoms with Gasteiger partial charge in [0.25, 0.3) is 5.91 Å². The lowest BCUT2D eigenvalue weighted by molar-refractivity contribution is -0.113. The number of thioether (sulfide) groups is 1. The SMILES string of the molecule is CCOc1ccc(N2C(=O)/C(=C/c3ccc(O)c(O)c3)SC2=S)cc1. The molecule has 0 aliphatic carbocycles. The molecule has 2 aromatic carbocycles. The highest BCUT2D eigenvalue weighted by Gasteiger charge is 2.33. The predicted octanol–water partition coefficient (Wildman–Crippen LogP) is 3.90. The molecule has 3 rings (SSSR count). The molecular formula is C18H15NO4S2. The summed E-state index contributed by atoms with van der Waals surface area (Å²) in [5.41, 5.74) is 1.27. The molecule has 1 amide bonds. The zero-order valence-corrected chi connectivity index (χ0v) is 14.9. The fraction of sp³-hybridized carbons (Fsp3) is 0.111. The maximum absolute atomic E-state index is 12.7. The van der Waals surface area contributed by atoms with Crippen LogP contribution in [0.3, 0.4) is 0 Å². The van der Waals surface area contributed by atoms with Crippen LogP contribution in [0.25, 0.3) is 6.08 Å². The summed E-state index contributed by atoms with van der Waals surface area (Å²) in [6, 6.07) is 11.5. The van der Waals surface area contributed by atoms with E-state index in [0.29, 0.717) is 27.1 Å². The highest BCUT2D eigenvalue weighted by molar-refractivity contribution is 8.27. The summed E-state index contributed by atoms with van der Waals surface area (Å²) in [7, 11) is 0. The Labute approximate surface area is 154 Å². The normalized spacial score (nSPS) is 15.9. The van der Waals surface area contributed by atoms with Crippen LogP contribution >= 0.6 is 24.0 Å². The molecule has 0 unspecified atom stereocenters. The number of carbonyl (C=O) groups is 1. The summed E-state index contributed by atoms with van der Waals surface area (Å²) in [5.74, 6) is 0.0494. The number of phenolic OH excluding ortho intramolecular Hbond substituents is 2. The quantitative estimate of drug-likeness (QED) is 0.481. The van der Waals surface area contributed by atoms with Gasteiger partial charge in [0, 0.05) is 0 Å². The van der Waals surface area contributed by atoms with Gasteiger partial charge in [0.1, 0.15) is 5.75 Å². The van der Waals surface area contributed by atoms with E-state index in [1.807, 2.05) is 6.92 Å². The van der Waals surface area contributed by atoms with E-state index in [2.05, 4.69) is 0 Å². The van der Waals surface area contributed by atoms with Crippen molar-refractivity contribution < 1.29 is 19.7 Å². The van der Waals surface area contributed by atoms with Crippen LogP contribution in [0.15, 0.2) is 47.4 Å². The molecule has 0 spiro atoms. The third kappa shape index (κ3) is 3.62. The van der Waals surface area contributed by atoms with Crippen molar-refractivity contribution in [2.75, 3.05) is 11.5 Å². The molecule has 5 nitrogen and oxygen atoms in total. The molecule has 1 heterocycles. The van der Waals surface area contributed by atoms with Crippen LogP contribution in [0.1, 0.15) is 12.5 Å². The van der Waals surface area contributed by atoms with Crippen LogP contribution < -0.4 is 9.64 Å². The van der Waals surface area contributed by atoms with Crippen LogP contribution in [-0.2, 0) is 4.79 Å². The first kappa shape index (κ1) is 17.3. The Kier molecular flexibility index (Phi) is 4.96. The average molecular weight is 373 g/mol. The lowest BCUT2D eigenvalue weighted by Crippen LogP contribution is -2.27. The van der Waals surface area contributed by atoms with E-state index in [-0.39, 0.29) is 17.4 Å². The summed E-state index contributed by atoms with van der Waals surface area (Å²) in [4.78, 5) is 14.6. The number of phenols is 2. The second kappa shape index (κ2) is 7.16. The zero-order valence-electron chi connectivity index (χ0n) is 13.3. The van der Waals surface area contributed by atoms with Crippen LogP contribution in [-0.4, -0.2) is 27.0 Å². The number of thiocarbonyl (C=S) groups is 1. The maximum Gasteiger partial charge on any atom is 0.270 e. The third-order valence-corrected chi connectivity index (χ3v) is 4.80. The van der Waals surface area contributed by atoms with E-state index in [4.69, 9.17) is 17.0 Å². The third-order valence-electron chi connectivity index (χ3n) is 3.50. The molecule has 0 bridgehead atoms. The van der Waals surface area contributed by atoms with E-state index in [0.717, 1.165) is 5.75 Å². The molecule has 25 heavy (non-hydrogen) atoms. The Bertz CT molecular complexity index is 862. The smallest absolute Gasteiger partial charge is 0.270 e. The van der Waals surface area contributed by atoms with Crippen molar-refractivity contribution in [3.8, 4) is 17.2 Å². The Balaban J connectivity index is 1.86. The fourth-order valence-electron chi connectivity index (χ4n) is 2.33. The molecule has 0 aromatic heterocycles. The van der Waals surface area contributed by atoms with Crippen molar-refractivity contribution >= 4 is 46.0 Å². The minimum Gasteiger partial charge on any atom is -0.504 e. The van der Waals surface area contributed by atoms with Gasteiger partial charge in [-0.1, -0.05) is 30.0 Å². The van der Waals surface area contributed by atoms with Gasteiger partial charge in [-0.15, -0.1) is 0 Å². The Hall–Kier alpha value is -2.51. The zero-order chi connectivity index (χ0) is 18.0. The number of carbonyl (C=O) groups excluding carboxylic acids is 1. The second-order valence-electron chi connectivity index (χ2n) is 5.19. The molecular weight excluding hydrogens is 358 g/mol. The van der Waals surface area contributed by atoms with Crippen LogP contribution in [0.5, 0.6) is 17.2 Å². The van der Waals surface area contributed by atoms with Crippen molar-refractivity contribution in [1.29, 1.82) is 0 Å². The number of aromatic hydroxyl groups is 2. The highest BCUT2D eigenvalue weighted by atomic mass is 32.2. The van der Waals surface area contributed by atoms with Gasteiger partial charge >= 0.3 is 0 Å². The molecule has 0 saturated carbocycles. The van der Waals surface area contributed by atoms with Gasteiger partial charge in [-0.25, -0.2) is 0 Å². The van der Waals surface area contributed by atoms with Crippen LogP contribution in [0.2, 0.25) is 0 Å². The largest absolute Gasteiger partial charge is 0.504 e. The lowest BCUT2D eigenvalue weighted by Gasteiger charge is -2.15. The number of hydrogen-bond donors (Lipinski definition) is 2. The summed E-state index contributed by atoms with van der Waals surface area (Å²) in [6.45, 7) is 2.48. The Morgan fingerprint density at radius 3 is 2.52 bits per heavy atom. The number of rotatable bonds is 4. The fourth-order valence-corrected chi connectivity index (χ4v) is 3.63. The molecule has 1 aliphatic rings. The number of hydrogen-bond acceptors (Lipinski definition) is 6. The van der Waals surface area contributed by atoms with E-state index < -0.39 is 0 Å². The van der Waals surface area contributed by atoms with E-state index in [1.54, 1.807) is 36.4 Å². The first-order valence-corrected chi connectivity index (χ1v) is 8.75. The molecule has 1 fully saturated rings. The van der Waals surface area contributed by atoms with Crippen LogP contribution in [0, 0.1) is 0 Å². The summed E-state index contributed by atoms with van der Waals surface area (Å²) in [6.07, 6.45) is 1.63. The summed E-state index contributed by atoms with van der Waals surface area (Å²) in [5, 5.41) is 18.9. The van der Waals surface area contributed by atoms with Gasteiger partial charge in [0.2, 0.25) is 0 Å². The number of amides is 1. The van der Waals surface area contributed by atoms with Crippen molar-refractivity contribution in [3.05, 3.63) is 52.9 Å². The molecule has 0 atom stereocenters. The van der Waals surface area contributed by atoms with Crippen molar-refractivity contribution in [3.63, 3.8) is 0 Å². The molecule has 7 heteroatoms. The lowest BCUT2D eigenvalue weighted by atomic mass is 10.2. The van der Waals surface area contributed by atoms with Crippen molar-refractivity contribution in [2.24, 2.45) is 0 Å². The van der Waals surface area contributed by atoms with Gasteiger partial charge in [-0.05, 0) is 55.0 Å². The standard InChI is InChI=1S/C18H15NO4S2/c1-2-23-13-6-4-12(5-7-13)19-17(22)16(25-18(19)24)10-11-3-8-14(20)15(21)9-11/h3-10,20-21H,2H2,1H3/b16-10-. The topological polar surface area (TPSA) is 70.0 Å². The Morgan fingerprint density at radius 1 is 1.16 bits per heavy atom. The highest BCUT2D eigenvalue weighted by Crippen LogP contribution is 2.37. The number of nitrogens with zero attached hydrogens (tertiary/aromatic N) is 1. The molecule has 1 aliphatic heterocycles. The first-order chi connectivity index (χ1) is 12.0. The molecule has 1 saturated heterocycles. The van der Waals surface area contributed by atoms with Gasteiger partial charge in [0.05, 0.1) is 17.2 Å². The van der Waals surface area contributed by atoms with E-state index in [1.165, 1.54) is 28.8 Å². The first-order valence-electron chi connectivity index (χ1n) is 7.52. The van der Waals surface area contributed by atoms with Gasteiger partial charge in [-0.2, -0.15) is 0 Å². The average Bonchev–Trinajstić information content (AvgIpc) is 2.86. The maximum atomic E-state index is 12.7. The van der Waals surface area contributed by atoms with Gasteiger partial charge in [0.15, 0.2) is 15.8 Å². The molecule has 2 N–H and O–H groups in total. The number of ether oxygens (including phenoxy) is 1. The van der Waals surface area contributed by atoms with Crippen molar-refractivity contribution in [1.82, 2.24) is 0 Å². The summed E-state index contributed by atoms with van der Waals surface area (Å²) < 4.78 is 5.83. The number of benzene rings is 2. The molecule has 128 valence electrons. The van der Waals surface area contributed by atoms with E-state index in [9.17, 15) is 15.0 Å². The predicted molar refractivity (Wildman–Crippen MR) is 103 cm³/mol. The summed E-state index contributed by atoms with van der Waals surface area (Å²) >= 11 is 6.52. The monoisotopic (exact) mass is 373 g/mol.